The van der Waals surface area contributed by atoms with Gasteiger partial charge in [0.15, 0.2) is 0 Å². The van der Waals surface area contributed by atoms with E-state index < -0.39 is 17.8 Å². The lowest BCUT2D eigenvalue weighted by Gasteiger charge is -2.13. The topological polar surface area (TPSA) is 70.2 Å². The predicted molar refractivity (Wildman–Crippen MR) is 77.8 cm³/mol. The van der Waals surface area contributed by atoms with Gasteiger partial charge >= 0.3 is 12.2 Å². The molecule has 0 aliphatic heterocycles. The largest absolute Gasteiger partial charge is 0.416 e. The van der Waals surface area contributed by atoms with Gasteiger partial charge in [0.1, 0.15) is 0 Å². The number of benzene rings is 1. The highest BCUT2D eigenvalue weighted by atomic mass is 19.4. The van der Waals surface area contributed by atoms with Crippen LogP contribution in [0.1, 0.15) is 30.4 Å². The van der Waals surface area contributed by atoms with Gasteiger partial charge in [0.25, 0.3) is 0 Å². The fraction of sp³-hybridized carbons (Fsp3) is 0.467. The lowest BCUT2D eigenvalue weighted by atomic mass is 10.0. The van der Waals surface area contributed by atoms with Crippen LogP contribution in [-0.4, -0.2) is 31.1 Å². The fourth-order valence-electron chi connectivity index (χ4n) is 2.42. The Hall–Kier alpha value is -2.25. The molecule has 0 unspecified atom stereocenters. The van der Waals surface area contributed by atoms with Crippen LogP contribution in [0.4, 0.5) is 18.0 Å². The summed E-state index contributed by atoms with van der Waals surface area (Å²) < 4.78 is 38.9. The number of likely N-dealkylation sites (N-methyl/N-ethyl adjacent to an activating group) is 1. The van der Waals surface area contributed by atoms with Crippen LogP contribution in [0.5, 0.6) is 0 Å². The molecule has 0 heterocycles. The number of urea groups is 1. The SMILES string of the molecule is CCNC(=O)CNC(=O)N[C@H]1C[C@@H]1c1ccccc1C(F)(F)F. The minimum atomic E-state index is -4.41. The molecule has 2 atom stereocenters. The maximum absolute atomic E-state index is 13.0. The third kappa shape index (κ3) is 4.61. The molecule has 1 aromatic rings. The van der Waals surface area contributed by atoms with Crippen molar-refractivity contribution in [3.63, 3.8) is 0 Å². The number of rotatable bonds is 5. The smallest absolute Gasteiger partial charge is 0.355 e. The predicted octanol–water partition coefficient (Wildman–Crippen LogP) is 2.00. The van der Waals surface area contributed by atoms with Gasteiger partial charge in [-0.1, -0.05) is 18.2 Å². The van der Waals surface area contributed by atoms with Crippen LogP contribution >= 0.6 is 0 Å². The molecule has 23 heavy (non-hydrogen) atoms. The first kappa shape index (κ1) is 17.1. The van der Waals surface area contributed by atoms with Gasteiger partial charge < -0.3 is 16.0 Å². The van der Waals surface area contributed by atoms with Crippen molar-refractivity contribution in [1.29, 1.82) is 0 Å². The number of carbonyl (C=O) groups is 2. The van der Waals surface area contributed by atoms with E-state index in [9.17, 15) is 22.8 Å². The van der Waals surface area contributed by atoms with E-state index in [1.54, 1.807) is 13.0 Å². The molecular weight excluding hydrogens is 311 g/mol. The maximum Gasteiger partial charge on any atom is 0.416 e. The molecule has 1 fully saturated rings. The summed E-state index contributed by atoms with van der Waals surface area (Å²) in [5, 5.41) is 7.47. The molecule has 0 saturated heterocycles. The Morgan fingerprint density at radius 1 is 1.22 bits per heavy atom. The zero-order valence-corrected chi connectivity index (χ0v) is 12.5. The van der Waals surface area contributed by atoms with E-state index in [1.807, 2.05) is 0 Å². The van der Waals surface area contributed by atoms with Gasteiger partial charge in [-0.15, -0.1) is 0 Å². The Labute approximate surface area is 131 Å². The molecule has 126 valence electrons. The van der Waals surface area contributed by atoms with Crippen LogP contribution in [0, 0.1) is 0 Å². The van der Waals surface area contributed by atoms with E-state index >= 15 is 0 Å². The van der Waals surface area contributed by atoms with E-state index in [0.29, 0.717) is 13.0 Å². The number of carbonyl (C=O) groups excluding carboxylic acids is 2. The van der Waals surface area contributed by atoms with Crippen molar-refractivity contribution < 1.29 is 22.8 Å². The summed E-state index contributed by atoms with van der Waals surface area (Å²) in [6.45, 7) is 2.04. The van der Waals surface area contributed by atoms with Gasteiger partial charge in [-0.3, -0.25) is 4.79 Å². The number of hydrogen-bond acceptors (Lipinski definition) is 2. The third-order valence-corrected chi connectivity index (χ3v) is 3.56. The van der Waals surface area contributed by atoms with Crippen LogP contribution < -0.4 is 16.0 Å². The molecule has 3 amide bonds. The monoisotopic (exact) mass is 329 g/mol. The number of amides is 3. The Morgan fingerprint density at radius 3 is 2.57 bits per heavy atom. The minimum absolute atomic E-state index is 0.170. The Balaban J connectivity index is 1.89. The first-order valence-electron chi connectivity index (χ1n) is 7.30. The Kier molecular flexibility index (Phi) is 5.12. The highest BCUT2D eigenvalue weighted by molar-refractivity contribution is 5.84. The molecule has 0 spiro atoms. The molecule has 0 aromatic heterocycles. The van der Waals surface area contributed by atoms with Crippen molar-refractivity contribution in [2.24, 2.45) is 0 Å². The fourth-order valence-corrected chi connectivity index (χ4v) is 2.42. The number of hydrogen-bond donors (Lipinski definition) is 3. The highest BCUT2D eigenvalue weighted by Gasteiger charge is 2.44. The number of halogens is 3. The molecule has 8 heteroatoms. The number of alkyl halides is 3. The van der Waals surface area contributed by atoms with Gasteiger partial charge in [0.05, 0.1) is 12.1 Å². The molecule has 3 N–H and O–H groups in total. The molecule has 2 rings (SSSR count). The molecular formula is C15H18F3N3O2. The van der Waals surface area contributed by atoms with Crippen molar-refractivity contribution in [3.05, 3.63) is 35.4 Å². The van der Waals surface area contributed by atoms with E-state index in [1.165, 1.54) is 12.1 Å². The molecule has 1 aromatic carbocycles. The first-order valence-corrected chi connectivity index (χ1v) is 7.30. The summed E-state index contributed by atoms with van der Waals surface area (Å²) in [6, 6.07) is 4.45. The second-order valence-corrected chi connectivity index (χ2v) is 5.31. The highest BCUT2D eigenvalue weighted by Crippen LogP contribution is 2.45. The van der Waals surface area contributed by atoms with Crippen molar-refractivity contribution in [3.8, 4) is 0 Å². The Bertz CT molecular complexity index is 590. The van der Waals surface area contributed by atoms with Gasteiger partial charge in [-0.05, 0) is 25.0 Å². The van der Waals surface area contributed by atoms with Crippen molar-refractivity contribution in [2.45, 2.75) is 31.5 Å². The second kappa shape index (κ2) is 6.89. The molecule has 0 radical (unpaired) electrons. The van der Waals surface area contributed by atoms with Crippen molar-refractivity contribution in [2.75, 3.05) is 13.1 Å². The van der Waals surface area contributed by atoms with Crippen molar-refractivity contribution >= 4 is 11.9 Å². The molecule has 5 nitrogen and oxygen atoms in total. The quantitative estimate of drug-likeness (QED) is 0.773. The summed E-state index contributed by atoms with van der Waals surface area (Å²) in [5.41, 5.74) is -0.481. The van der Waals surface area contributed by atoms with Gasteiger partial charge in [-0.25, -0.2) is 4.79 Å². The van der Waals surface area contributed by atoms with Gasteiger partial charge in [0.2, 0.25) is 5.91 Å². The Morgan fingerprint density at radius 2 is 1.91 bits per heavy atom. The summed E-state index contributed by atoms with van der Waals surface area (Å²) >= 11 is 0. The van der Waals surface area contributed by atoms with Crippen molar-refractivity contribution in [1.82, 2.24) is 16.0 Å². The summed E-state index contributed by atoms with van der Waals surface area (Å²) in [7, 11) is 0. The molecule has 1 aliphatic rings. The van der Waals surface area contributed by atoms with Crippen LogP contribution in [0.3, 0.4) is 0 Å². The third-order valence-electron chi connectivity index (χ3n) is 3.56. The standard InChI is InChI=1S/C15H18F3N3O2/c1-2-19-13(22)8-20-14(23)21-12-7-10(12)9-5-3-4-6-11(9)15(16,17)18/h3-6,10,12H,2,7-8H2,1H3,(H,19,22)(H2,20,21,23)/t10-,12+/m1/s1. The van der Waals surface area contributed by atoms with Gasteiger partial charge in [0, 0.05) is 18.5 Å². The average Bonchev–Trinajstić information content (AvgIpc) is 3.23. The van der Waals surface area contributed by atoms with E-state index in [2.05, 4.69) is 16.0 Å². The number of nitrogens with one attached hydrogen (secondary N) is 3. The summed E-state index contributed by atoms with van der Waals surface area (Å²) in [5.74, 6) is -0.680. The molecule has 1 aliphatic carbocycles. The zero-order chi connectivity index (χ0) is 17.0. The van der Waals surface area contributed by atoms with Crippen LogP contribution in [0.2, 0.25) is 0 Å². The van der Waals surface area contributed by atoms with Crippen LogP contribution in [-0.2, 0) is 11.0 Å². The van der Waals surface area contributed by atoms with Crippen LogP contribution in [0.25, 0.3) is 0 Å². The van der Waals surface area contributed by atoms with Gasteiger partial charge in [-0.2, -0.15) is 13.2 Å². The lowest BCUT2D eigenvalue weighted by molar-refractivity contribution is -0.138. The van der Waals surface area contributed by atoms with Crippen LogP contribution in [0.15, 0.2) is 24.3 Å². The first-order chi connectivity index (χ1) is 10.8. The van der Waals surface area contributed by atoms with E-state index in [0.717, 1.165) is 6.07 Å². The second-order valence-electron chi connectivity index (χ2n) is 5.31. The zero-order valence-electron chi connectivity index (χ0n) is 12.5. The van der Waals surface area contributed by atoms with E-state index in [-0.39, 0.29) is 30.0 Å². The minimum Gasteiger partial charge on any atom is -0.355 e. The average molecular weight is 329 g/mol. The summed E-state index contributed by atoms with van der Waals surface area (Å²) in [6.07, 6.45) is -3.97. The normalized spacial score (nSPS) is 19.8. The molecule has 1 saturated carbocycles. The lowest BCUT2D eigenvalue weighted by Crippen LogP contribution is -2.43. The van der Waals surface area contributed by atoms with E-state index in [4.69, 9.17) is 0 Å². The molecule has 0 bridgehead atoms. The maximum atomic E-state index is 13.0. The summed E-state index contributed by atoms with van der Waals surface area (Å²) in [4.78, 5) is 22.8.